The Balaban J connectivity index is 1.45. The van der Waals surface area contributed by atoms with Crippen molar-refractivity contribution in [2.24, 2.45) is 9.98 Å². The summed E-state index contributed by atoms with van der Waals surface area (Å²) in [6.07, 6.45) is 0. The van der Waals surface area contributed by atoms with Gasteiger partial charge in [0.2, 0.25) is 0 Å². The maximum atomic E-state index is 5.92. The van der Waals surface area contributed by atoms with Gasteiger partial charge in [0.1, 0.15) is 11.5 Å². The number of hydrogen-bond donors (Lipinski definition) is 0. The second-order valence-electron chi connectivity index (χ2n) is 5.22. The molecule has 0 fully saturated rings. The number of hydrogen-bond acceptors (Lipinski definition) is 5. The third-order valence-electron chi connectivity index (χ3n) is 3.61. The number of benzene rings is 2. The fourth-order valence-electron chi connectivity index (χ4n) is 2.49. The van der Waals surface area contributed by atoms with Gasteiger partial charge < -0.3 is 4.74 Å². The number of ether oxygens (including phenoxy) is 1. The molecule has 0 N–H and O–H groups in total. The van der Waals surface area contributed by atoms with Crippen LogP contribution in [0.5, 0.6) is 11.5 Å². The summed E-state index contributed by atoms with van der Waals surface area (Å²) in [6, 6.07) is 16.3. The van der Waals surface area contributed by atoms with E-state index in [1.807, 2.05) is 47.8 Å². The minimum Gasteiger partial charge on any atom is -0.457 e. The molecule has 2 aliphatic heterocycles. The smallest absolute Gasteiger partial charge is 0.127 e. The zero-order valence-corrected chi connectivity index (χ0v) is 14.2. The van der Waals surface area contributed by atoms with Crippen LogP contribution in [-0.4, -0.2) is 34.7 Å². The van der Waals surface area contributed by atoms with E-state index in [2.05, 4.69) is 34.3 Å². The standard InChI is InChI=1S/C18H16N2OS2/c1-5-15(6-2-13(1)17-19-9-11-22-17)21-16-7-3-14(4-8-16)18-20-10-12-23-18/h1-8H,9-12H2. The van der Waals surface area contributed by atoms with Crippen molar-refractivity contribution in [3.63, 3.8) is 0 Å². The lowest BCUT2D eigenvalue weighted by molar-refractivity contribution is 0.482. The van der Waals surface area contributed by atoms with Crippen LogP contribution in [0.3, 0.4) is 0 Å². The SMILES string of the molecule is c1cc(C2=NCCS2)ccc1Oc1ccc(C2=NCCS2)cc1. The molecule has 2 aromatic rings. The highest BCUT2D eigenvalue weighted by Gasteiger charge is 2.11. The highest BCUT2D eigenvalue weighted by atomic mass is 32.2. The van der Waals surface area contributed by atoms with Gasteiger partial charge in [0, 0.05) is 35.7 Å². The molecule has 5 heteroatoms. The molecule has 0 atom stereocenters. The first-order valence-electron chi connectivity index (χ1n) is 7.62. The number of aliphatic imine (C=N–C) groups is 2. The van der Waals surface area contributed by atoms with Gasteiger partial charge in [0.05, 0.1) is 10.1 Å². The van der Waals surface area contributed by atoms with Crippen LogP contribution in [0.15, 0.2) is 58.5 Å². The first-order valence-corrected chi connectivity index (χ1v) is 9.59. The van der Waals surface area contributed by atoms with Crippen molar-refractivity contribution in [2.75, 3.05) is 24.6 Å². The first kappa shape index (κ1) is 14.8. The summed E-state index contributed by atoms with van der Waals surface area (Å²) in [5.74, 6) is 3.86. The van der Waals surface area contributed by atoms with Gasteiger partial charge in [-0.15, -0.1) is 23.5 Å². The lowest BCUT2D eigenvalue weighted by atomic mass is 10.2. The van der Waals surface area contributed by atoms with Crippen molar-refractivity contribution < 1.29 is 4.74 Å². The van der Waals surface area contributed by atoms with E-state index in [9.17, 15) is 0 Å². The maximum absolute atomic E-state index is 5.92. The van der Waals surface area contributed by atoms with E-state index in [0.717, 1.165) is 46.2 Å². The van der Waals surface area contributed by atoms with Gasteiger partial charge >= 0.3 is 0 Å². The van der Waals surface area contributed by atoms with Crippen LogP contribution in [-0.2, 0) is 0 Å². The van der Waals surface area contributed by atoms with E-state index in [4.69, 9.17) is 4.74 Å². The van der Waals surface area contributed by atoms with E-state index in [1.165, 1.54) is 11.1 Å². The van der Waals surface area contributed by atoms with Crippen LogP contribution >= 0.6 is 23.5 Å². The molecule has 2 heterocycles. The van der Waals surface area contributed by atoms with Crippen molar-refractivity contribution in [3.8, 4) is 11.5 Å². The van der Waals surface area contributed by atoms with Crippen LogP contribution in [0, 0.1) is 0 Å². The van der Waals surface area contributed by atoms with Crippen molar-refractivity contribution in [1.82, 2.24) is 0 Å². The molecule has 0 bridgehead atoms. The van der Waals surface area contributed by atoms with Gasteiger partial charge in [0.25, 0.3) is 0 Å². The van der Waals surface area contributed by atoms with Gasteiger partial charge in [-0.05, 0) is 48.5 Å². The Bertz CT molecular complexity index is 686. The lowest BCUT2D eigenvalue weighted by Gasteiger charge is -2.08. The fourth-order valence-corrected chi connectivity index (χ4v) is 4.21. The minimum atomic E-state index is 0.845. The summed E-state index contributed by atoms with van der Waals surface area (Å²) in [7, 11) is 0. The summed E-state index contributed by atoms with van der Waals surface area (Å²) in [4.78, 5) is 8.99. The van der Waals surface area contributed by atoms with Crippen LogP contribution in [0.2, 0.25) is 0 Å². The lowest BCUT2D eigenvalue weighted by Crippen LogP contribution is -1.93. The zero-order chi connectivity index (χ0) is 15.5. The maximum Gasteiger partial charge on any atom is 0.127 e. The van der Waals surface area contributed by atoms with E-state index in [0.29, 0.717) is 0 Å². The normalized spacial score (nSPS) is 17.0. The Morgan fingerprint density at radius 3 is 1.43 bits per heavy atom. The largest absolute Gasteiger partial charge is 0.457 e. The van der Waals surface area contributed by atoms with E-state index >= 15 is 0 Å². The summed E-state index contributed by atoms with van der Waals surface area (Å²) in [6.45, 7) is 1.85. The van der Waals surface area contributed by atoms with Gasteiger partial charge in [0.15, 0.2) is 0 Å². The molecule has 2 aromatic carbocycles. The second-order valence-corrected chi connectivity index (χ2v) is 7.39. The molecule has 4 rings (SSSR count). The highest BCUT2D eigenvalue weighted by Crippen LogP contribution is 2.26. The van der Waals surface area contributed by atoms with Gasteiger partial charge in [-0.2, -0.15) is 0 Å². The fraction of sp³-hybridized carbons (Fsp3) is 0.222. The first-order chi connectivity index (χ1) is 11.4. The van der Waals surface area contributed by atoms with E-state index in [-0.39, 0.29) is 0 Å². The van der Waals surface area contributed by atoms with Crippen molar-refractivity contribution >= 4 is 33.6 Å². The predicted octanol–water partition coefficient (Wildman–Crippen LogP) is 4.47. The number of rotatable bonds is 4. The topological polar surface area (TPSA) is 34.0 Å². The van der Waals surface area contributed by atoms with Gasteiger partial charge in [-0.25, -0.2) is 0 Å². The Hall–Kier alpha value is -1.72. The molecule has 23 heavy (non-hydrogen) atoms. The molecule has 0 aliphatic carbocycles. The third-order valence-corrected chi connectivity index (χ3v) is 5.66. The molecule has 0 amide bonds. The number of nitrogens with zero attached hydrogens (tertiary/aromatic N) is 2. The molecular formula is C18H16N2OS2. The quantitative estimate of drug-likeness (QED) is 0.824. The van der Waals surface area contributed by atoms with Gasteiger partial charge in [-0.1, -0.05) is 0 Å². The molecule has 3 nitrogen and oxygen atoms in total. The van der Waals surface area contributed by atoms with Crippen molar-refractivity contribution in [2.45, 2.75) is 0 Å². The summed E-state index contributed by atoms with van der Waals surface area (Å²) in [5.41, 5.74) is 2.35. The van der Waals surface area contributed by atoms with Crippen molar-refractivity contribution in [1.29, 1.82) is 0 Å². The third kappa shape index (κ3) is 3.46. The Morgan fingerprint density at radius 1 is 0.652 bits per heavy atom. The molecule has 0 aromatic heterocycles. The highest BCUT2D eigenvalue weighted by molar-refractivity contribution is 8.15. The van der Waals surface area contributed by atoms with Crippen LogP contribution in [0.1, 0.15) is 11.1 Å². The molecule has 0 radical (unpaired) electrons. The average molecular weight is 340 g/mol. The minimum absolute atomic E-state index is 0.845. The van der Waals surface area contributed by atoms with Gasteiger partial charge in [-0.3, -0.25) is 9.98 Å². The molecule has 0 spiro atoms. The summed E-state index contributed by atoms with van der Waals surface area (Å²) < 4.78 is 5.92. The predicted molar refractivity (Wildman–Crippen MR) is 101 cm³/mol. The van der Waals surface area contributed by atoms with Crippen LogP contribution < -0.4 is 4.74 Å². The van der Waals surface area contributed by atoms with Crippen LogP contribution in [0.4, 0.5) is 0 Å². The zero-order valence-electron chi connectivity index (χ0n) is 12.6. The molecule has 0 unspecified atom stereocenters. The molecular weight excluding hydrogens is 324 g/mol. The summed E-state index contributed by atoms with van der Waals surface area (Å²) >= 11 is 3.63. The van der Waals surface area contributed by atoms with Crippen molar-refractivity contribution in [3.05, 3.63) is 59.7 Å². The molecule has 116 valence electrons. The summed E-state index contributed by atoms with van der Waals surface area (Å²) in [5, 5.41) is 2.27. The molecule has 0 saturated carbocycles. The molecule has 0 saturated heterocycles. The van der Waals surface area contributed by atoms with E-state index in [1.54, 1.807) is 0 Å². The Labute approximate surface area is 144 Å². The van der Waals surface area contributed by atoms with Crippen LogP contribution in [0.25, 0.3) is 0 Å². The average Bonchev–Trinajstić information content (AvgIpc) is 3.30. The Kier molecular flexibility index (Phi) is 4.39. The van der Waals surface area contributed by atoms with E-state index < -0.39 is 0 Å². The molecule has 2 aliphatic rings. The second kappa shape index (κ2) is 6.81. The monoisotopic (exact) mass is 340 g/mol. The number of thioether (sulfide) groups is 2. The Morgan fingerprint density at radius 2 is 1.09 bits per heavy atom.